The van der Waals surface area contributed by atoms with Crippen LogP contribution in [-0.4, -0.2) is 54.1 Å². The zero-order chi connectivity index (χ0) is 13.7. The minimum Gasteiger partial charge on any atom is -0.478 e. The summed E-state index contributed by atoms with van der Waals surface area (Å²) < 4.78 is 0. The van der Waals surface area contributed by atoms with Crippen molar-refractivity contribution >= 4 is 17.6 Å². The van der Waals surface area contributed by atoms with Gasteiger partial charge in [0.2, 0.25) is 5.91 Å². The summed E-state index contributed by atoms with van der Waals surface area (Å²) in [5, 5.41) is 9.09. The van der Waals surface area contributed by atoms with Crippen molar-refractivity contribution in [1.29, 1.82) is 0 Å². The van der Waals surface area contributed by atoms with Crippen LogP contribution >= 0.6 is 0 Å². The molecule has 1 amide bonds. The number of hydrogen-bond acceptors (Lipinski definition) is 4. The lowest BCUT2D eigenvalue weighted by molar-refractivity contribution is -0.127. The molecule has 1 N–H and O–H groups in total. The minimum absolute atomic E-state index is 0.0787. The molecule has 0 aliphatic heterocycles. The molecule has 0 spiro atoms. The molecule has 0 fully saturated rings. The standard InChI is InChI=1S/C12H17N3O3/c1-4-15(8-11(16)14(2)3)10-5-6-13-7-9(10)12(17)18/h5-7H,4,8H2,1-3H3,(H,17,18). The van der Waals surface area contributed by atoms with E-state index in [2.05, 4.69) is 4.98 Å². The van der Waals surface area contributed by atoms with Gasteiger partial charge in [-0.2, -0.15) is 0 Å². The fourth-order valence-corrected chi connectivity index (χ4v) is 1.50. The maximum Gasteiger partial charge on any atom is 0.339 e. The molecule has 0 unspecified atom stereocenters. The molecule has 98 valence electrons. The van der Waals surface area contributed by atoms with Crippen molar-refractivity contribution < 1.29 is 14.7 Å². The van der Waals surface area contributed by atoms with E-state index in [1.165, 1.54) is 17.3 Å². The lowest BCUT2D eigenvalue weighted by atomic mass is 10.2. The second kappa shape index (κ2) is 6.00. The van der Waals surface area contributed by atoms with Crippen LogP contribution < -0.4 is 4.90 Å². The summed E-state index contributed by atoms with van der Waals surface area (Å²) in [6.07, 6.45) is 2.81. The number of anilines is 1. The normalized spacial score (nSPS) is 9.94. The number of carboxylic acid groups (broad SMARTS) is 1. The number of aromatic carboxylic acids is 1. The van der Waals surface area contributed by atoms with E-state index in [4.69, 9.17) is 5.11 Å². The number of rotatable bonds is 5. The monoisotopic (exact) mass is 251 g/mol. The molecule has 0 aliphatic carbocycles. The number of likely N-dealkylation sites (N-methyl/N-ethyl adjacent to an activating group) is 2. The first-order valence-corrected chi connectivity index (χ1v) is 5.59. The van der Waals surface area contributed by atoms with Crippen molar-refractivity contribution in [3.8, 4) is 0 Å². The molecule has 0 aliphatic rings. The molecule has 0 saturated heterocycles. The van der Waals surface area contributed by atoms with Crippen molar-refractivity contribution in [1.82, 2.24) is 9.88 Å². The summed E-state index contributed by atoms with van der Waals surface area (Å²) in [7, 11) is 3.33. The summed E-state index contributed by atoms with van der Waals surface area (Å²) in [4.78, 5) is 29.8. The van der Waals surface area contributed by atoms with Gasteiger partial charge in [-0.15, -0.1) is 0 Å². The van der Waals surface area contributed by atoms with Gasteiger partial charge in [0.05, 0.1) is 12.2 Å². The number of carboxylic acids is 1. The van der Waals surface area contributed by atoms with Gasteiger partial charge in [0.1, 0.15) is 5.56 Å². The summed E-state index contributed by atoms with van der Waals surface area (Å²) >= 11 is 0. The molecule has 1 heterocycles. The number of nitrogens with zero attached hydrogens (tertiary/aromatic N) is 3. The van der Waals surface area contributed by atoms with E-state index in [9.17, 15) is 9.59 Å². The van der Waals surface area contributed by atoms with Crippen LogP contribution in [0.15, 0.2) is 18.5 Å². The lowest BCUT2D eigenvalue weighted by Crippen LogP contribution is -2.37. The van der Waals surface area contributed by atoms with Gasteiger partial charge in [-0.25, -0.2) is 4.79 Å². The van der Waals surface area contributed by atoms with E-state index in [0.29, 0.717) is 12.2 Å². The van der Waals surface area contributed by atoms with Crippen molar-refractivity contribution in [2.45, 2.75) is 6.92 Å². The predicted molar refractivity (Wildman–Crippen MR) is 67.8 cm³/mol. The zero-order valence-corrected chi connectivity index (χ0v) is 10.8. The Hall–Kier alpha value is -2.11. The highest BCUT2D eigenvalue weighted by Crippen LogP contribution is 2.19. The van der Waals surface area contributed by atoms with Crippen LogP contribution in [0.2, 0.25) is 0 Å². The van der Waals surface area contributed by atoms with Crippen LogP contribution in [0.4, 0.5) is 5.69 Å². The van der Waals surface area contributed by atoms with Gasteiger partial charge in [0.25, 0.3) is 0 Å². The quantitative estimate of drug-likeness (QED) is 0.833. The molecule has 6 heteroatoms. The number of carbonyl (C=O) groups is 2. The summed E-state index contributed by atoms with van der Waals surface area (Å²) in [6, 6.07) is 1.61. The Morgan fingerprint density at radius 2 is 2.06 bits per heavy atom. The summed E-state index contributed by atoms with van der Waals surface area (Å²) in [5.74, 6) is -1.13. The van der Waals surface area contributed by atoms with Crippen LogP contribution in [0, 0.1) is 0 Å². The van der Waals surface area contributed by atoms with E-state index in [1.807, 2.05) is 6.92 Å². The second-order valence-electron chi connectivity index (χ2n) is 4.00. The first-order valence-electron chi connectivity index (χ1n) is 5.59. The Balaban J connectivity index is 3.02. The topological polar surface area (TPSA) is 73.7 Å². The largest absolute Gasteiger partial charge is 0.478 e. The molecule has 0 bridgehead atoms. The molecule has 0 atom stereocenters. The Labute approximate surface area is 106 Å². The van der Waals surface area contributed by atoms with Gasteiger partial charge >= 0.3 is 5.97 Å². The van der Waals surface area contributed by atoms with Gasteiger partial charge in [0.15, 0.2) is 0 Å². The van der Waals surface area contributed by atoms with Gasteiger partial charge in [-0.05, 0) is 13.0 Å². The first kappa shape index (κ1) is 14.0. The third-order valence-electron chi connectivity index (χ3n) is 2.58. The van der Waals surface area contributed by atoms with Gasteiger partial charge in [-0.1, -0.05) is 0 Å². The van der Waals surface area contributed by atoms with Crippen LogP contribution in [0.1, 0.15) is 17.3 Å². The number of carbonyl (C=O) groups excluding carboxylic acids is 1. The summed E-state index contributed by atoms with van der Waals surface area (Å²) in [5.41, 5.74) is 0.612. The lowest BCUT2D eigenvalue weighted by Gasteiger charge is -2.25. The smallest absolute Gasteiger partial charge is 0.339 e. The maximum atomic E-state index is 11.7. The Bertz CT molecular complexity index is 446. The summed E-state index contributed by atoms with van der Waals surface area (Å²) in [6.45, 7) is 2.56. The van der Waals surface area contributed by atoms with E-state index in [1.54, 1.807) is 25.1 Å². The zero-order valence-electron chi connectivity index (χ0n) is 10.8. The van der Waals surface area contributed by atoms with Crippen molar-refractivity contribution in [3.63, 3.8) is 0 Å². The molecule has 1 rings (SSSR count). The number of pyridine rings is 1. The van der Waals surface area contributed by atoms with Gasteiger partial charge < -0.3 is 14.9 Å². The molecule has 0 saturated carbocycles. The Kier molecular flexibility index (Phi) is 4.65. The van der Waals surface area contributed by atoms with Crippen LogP contribution in [0.5, 0.6) is 0 Å². The van der Waals surface area contributed by atoms with Crippen molar-refractivity contribution in [2.75, 3.05) is 32.1 Å². The highest BCUT2D eigenvalue weighted by atomic mass is 16.4. The SMILES string of the molecule is CCN(CC(=O)N(C)C)c1ccncc1C(=O)O. The third kappa shape index (κ3) is 3.19. The van der Waals surface area contributed by atoms with Gasteiger partial charge in [0, 0.05) is 33.0 Å². The van der Waals surface area contributed by atoms with Gasteiger partial charge in [-0.3, -0.25) is 9.78 Å². The Morgan fingerprint density at radius 1 is 1.39 bits per heavy atom. The molecule has 6 nitrogen and oxygen atoms in total. The van der Waals surface area contributed by atoms with Crippen molar-refractivity contribution in [3.05, 3.63) is 24.0 Å². The average Bonchev–Trinajstić information content (AvgIpc) is 2.35. The number of hydrogen-bond donors (Lipinski definition) is 1. The Morgan fingerprint density at radius 3 is 2.56 bits per heavy atom. The molecule has 1 aromatic heterocycles. The molecular formula is C12H17N3O3. The van der Waals surface area contributed by atoms with Crippen LogP contribution in [0.25, 0.3) is 0 Å². The van der Waals surface area contributed by atoms with Crippen molar-refractivity contribution in [2.24, 2.45) is 0 Å². The van der Waals surface area contributed by atoms with E-state index < -0.39 is 5.97 Å². The van der Waals surface area contributed by atoms with E-state index >= 15 is 0 Å². The third-order valence-corrected chi connectivity index (χ3v) is 2.58. The maximum absolute atomic E-state index is 11.7. The van der Waals surface area contributed by atoms with Crippen LogP contribution in [0.3, 0.4) is 0 Å². The fraction of sp³-hybridized carbons (Fsp3) is 0.417. The minimum atomic E-state index is -1.05. The highest BCUT2D eigenvalue weighted by Gasteiger charge is 2.17. The highest BCUT2D eigenvalue weighted by molar-refractivity contribution is 5.95. The predicted octanol–water partition coefficient (Wildman–Crippen LogP) is 0.694. The number of aromatic nitrogens is 1. The average molecular weight is 251 g/mol. The number of amides is 1. The van der Waals surface area contributed by atoms with E-state index in [0.717, 1.165) is 0 Å². The molecule has 0 radical (unpaired) electrons. The molecular weight excluding hydrogens is 234 g/mol. The molecule has 18 heavy (non-hydrogen) atoms. The molecule has 0 aromatic carbocycles. The molecule has 1 aromatic rings. The van der Waals surface area contributed by atoms with E-state index in [-0.39, 0.29) is 18.0 Å². The first-order chi connectivity index (χ1) is 8.47. The second-order valence-corrected chi connectivity index (χ2v) is 4.00. The fourth-order valence-electron chi connectivity index (χ4n) is 1.50. The van der Waals surface area contributed by atoms with Crippen LogP contribution in [-0.2, 0) is 4.79 Å².